The summed E-state index contributed by atoms with van der Waals surface area (Å²) in [6.45, 7) is 1.82. The highest BCUT2D eigenvalue weighted by Crippen LogP contribution is 2.19. The van der Waals surface area contributed by atoms with Crippen molar-refractivity contribution in [1.29, 1.82) is 0 Å². The third kappa shape index (κ3) is 3.10. The van der Waals surface area contributed by atoms with Gasteiger partial charge in [-0.2, -0.15) is 0 Å². The Labute approximate surface area is 123 Å². The highest BCUT2D eigenvalue weighted by molar-refractivity contribution is 9.10. The quantitative estimate of drug-likeness (QED) is 0.866. The summed E-state index contributed by atoms with van der Waals surface area (Å²) in [5.41, 5.74) is 0.310. The van der Waals surface area contributed by atoms with Crippen LogP contribution in [0.4, 0.5) is 0 Å². The van der Waals surface area contributed by atoms with Gasteiger partial charge in [-0.3, -0.25) is 4.79 Å². The molecule has 0 bridgehead atoms. The van der Waals surface area contributed by atoms with E-state index in [2.05, 4.69) is 36.4 Å². The van der Waals surface area contributed by atoms with Crippen molar-refractivity contribution < 1.29 is 4.79 Å². The molecule has 1 unspecified atom stereocenters. The molecule has 0 saturated carbocycles. The summed E-state index contributed by atoms with van der Waals surface area (Å²) < 4.78 is 2.43. The van der Waals surface area contributed by atoms with Gasteiger partial charge in [0.05, 0.1) is 11.6 Å². The Morgan fingerprint density at radius 1 is 1.58 bits per heavy atom. The lowest BCUT2D eigenvalue weighted by atomic mass is 10.2. The van der Waals surface area contributed by atoms with Gasteiger partial charge in [0.25, 0.3) is 5.91 Å². The van der Waals surface area contributed by atoms with E-state index < -0.39 is 0 Å². The maximum atomic E-state index is 12.1. The van der Waals surface area contributed by atoms with Crippen LogP contribution in [0.25, 0.3) is 0 Å². The van der Waals surface area contributed by atoms with Crippen molar-refractivity contribution in [2.24, 2.45) is 7.05 Å². The van der Waals surface area contributed by atoms with Gasteiger partial charge in [0.1, 0.15) is 11.5 Å². The Hall–Kier alpha value is -1.47. The Kier molecular flexibility index (Phi) is 4.16. The second-order valence-electron chi connectivity index (χ2n) is 3.99. The van der Waals surface area contributed by atoms with Crippen LogP contribution in [0.15, 0.2) is 23.1 Å². The summed E-state index contributed by atoms with van der Waals surface area (Å²) in [7, 11) is 1.81. The minimum atomic E-state index is -0.311. The van der Waals surface area contributed by atoms with Gasteiger partial charge >= 0.3 is 0 Å². The summed E-state index contributed by atoms with van der Waals surface area (Å²) in [6, 6.07) is 1.34. The van der Waals surface area contributed by atoms with Gasteiger partial charge in [0, 0.05) is 17.7 Å². The predicted molar refractivity (Wildman–Crippen MR) is 73.8 cm³/mol. The number of nitrogens with zero attached hydrogens (tertiary/aromatic N) is 4. The van der Waals surface area contributed by atoms with Gasteiger partial charge in [-0.15, -0.1) is 10.2 Å². The number of rotatable bonds is 3. The highest BCUT2D eigenvalue weighted by Gasteiger charge is 2.18. The summed E-state index contributed by atoms with van der Waals surface area (Å²) >= 11 is 9.16. The minimum absolute atomic E-state index is 0.158. The van der Waals surface area contributed by atoms with Crippen molar-refractivity contribution in [2.45, 2.75) is 13.0 Å². The minimum Gasteiger partial charge on any atom is -0.342 e. The number of carbonyl (C=O) groups excluding carboxylic acids is 1. The van der Waals surface area contributed by atoms with Crippen LogP contribution in [0.1, 0.15) is 29.1 Å². The number of amides is 1. The smallest absolute Gasteiger partial charge is 0.255 e. The maximum Gasteiger partial charge on any atom is 0.255 e. The number of halogens is 2. The van der Waals surface area contributed by atoms with Gasteiger partial charge in [-0.1, -0.05) is 11.6 Å². The molecule has 6 nitrogen and oxygen atoms in total. The fraction of sp³-hybridized carbons (Fsp3) is 0.273. The second kappa shape index (κ2) is 5.66. The number of aromatic nitrogens is 4. The first-order valence-electron chi connectivity index (χ1n) is 5.45. The normalized spacial score (nSPS) is 12.2. The molecule has 2 rings (SSSR count). The van der Waals surface area contributed by atoms with Crippen LogP contribution in [0.3, 0.4) is 0 Å². The molecule has 0 radical (unpaired) electrons. The Bertz CT molecular complexity index is 615. The van der Waals surface area contributed by atoms with Crippen LogP contribution in [-0.2, 0) is 7.05 Å². The molecular formula is C11H11BrClN5O. The van der Waals surface area contributed by atoms with Gasteiger partial charge in [0.15, 0.2) is 5.82 Å². The third-order valence-corrected chi connectivity index (χ3v) is 3.27. The Balaban J connectivity index is 2.17. The van der Waals surface area contributed by atoms with Crippen LogP contribution in [0.2, 0.25) is 5.15 Å². The average Bonchev–Trinajstić information content (AvgIpc) is 2.78. The van der Waals surface area contributed by atoms with Crippen molar-refractivity contribution in [3.05, 3.63) is 39.6 Å². The lowest BCUT2D eigenvalue weighted by Crippen LogP contribution is -2.28. The molecule has 1 atom stereocenters. The zero-order valence-electron chi connectivity index (χ0n) is 10.3. The maximum absolute atomic E-state index is 12.1. The highest BCUT2D eigenvalue weighted by atomic mass is 79.9. The summed E-state index contributed by atoms with van der Waals surface area (Å²) in [5.74, 6) is 0.349. The van der Waals surface area contributed by atoms with E-state index in [-0.39, 0.29) is 17.1 Å². The molecular weight excluding hydrogens is 334 g/mol. The van der Waals surface area contributed by atoms with Crippen LogP contribution in [0, 0.1) is 0 Å². The molecule has 0 aliphatic carbocycles. The molecule has 1 N–H and O–H groups in total. The lowest BCUT2D eigenvalue weighted by Gasteiger charge is -2.13. The summed E-state index contributed by atoms with van der Waals surface area (Å²) in [6.07, 6.45) is 3.11. The van der Waals surface area contributed by atoms with E-state index in [1.165, 1.54) is 6.20 Å². The van der Waals surface area contributed by atoms with E-state index in [0.29, 0.717) is 15.9 Å². The largest absolute Gasteiger partial charge is 0.342 e. The average molecular weight is 345 g/mol. The van der Waals surface area contributed by atoms with E-state index in [0.717, 1.165) is 0 Å². The first kappa shape index (κ1) is 14.0. The molecule has 2 heterocycles. The molecule has 0 aromatic carbocycles. The van der Waals surface area contributed by atoms with E-state index in [9.17, 15) is 4.79 Å². The summed E-state index contributed by atoms with van der Waals surface area (Å²) in [4.78, 5) is 16.0. The van der Waals surface area contributed by atoms with Gasteiger partial charge < -0.3 is 9.88 Å². The van der Waals surface area contributed by atoms with Crippen molar-refractivity contribution in [2.75, 3.05) is 0 Å². The molecule has 0 spiro atoms. The van der Waals surface area contributed by atoms with Crippen molar-refractivity contribution in [1.82, 2.24) is 25.1 Å². The number of carbonyl (C=O) groups is 1. The van der Waals surface area contributed by atoms with Crippen LogP contribution >= 0.6 is 27.5 Å². The van der Waals surface area contributed by atoms with E-state index >= 15 is 0 Å². The zero-order valence-corrected chi connectivity index (χ0v) is 12.6. The molecule has 100 valence electrons. The Morgan fingerprint density at radius 3 is 2.95 bits per heavy atom. The monoisotopic (exact) mass is 343 g/mol. The number of pyridine rings is 1. The number of hydrogen-bond acceptors (Lipinski definition) is 4. The first-order chi connectivity index (χ1) is 8.99. The fourth-order valence-electron chi connectivity index (χ4n) is 1.60. The molecule has 2 aromatic heterocycles. The predicted octanol–water partition coefficient (Wildman–Crippen LogP) is 2.12. The molecule has 0 fully saturated rings. The Morgan fingerprint density at radius 2 is 2.32 bits per heavy atom. The number of nitrogens with one attached hydrogen (secondary N) is 1. The van der Waals surface area contributed by atoms with E-state index in [1.54, 1.807) is 17.0 Å². The fourth-order valence-corrected chi connectivity index (χ4v) is 2.13. The third-order valence-electron chi connectivity index (χ3n) is 2.53. The van der Waals surface area contributed by atoms with Gasteiger partial charge in [-0.25, -0.2) is 4.98 Å². The molecule has 0 saturated heterocycles. The van der Waals surface area contributed by atoms with Gasteiger partial charge in [-0.05, 0) is 28.9 Å². The van der Waals surface area contributed by atoms with Crippen LogP contribution < -0.4 is 5.32 Å². The number of hydrogen-bond donors (Lipinski definition) is 1. The number of aryl methyl sites for hydroxylation is 1. The molecule has 0 aliphatic rings. The van der Waals surface area contributed by atoms with E-state index in [1.807, 2.05) is 14.0 Å². The molecule has 19 heavy (non-hydrogen) atoms. The second-order valence-corrected chi connectivity index (χ2v) is 5.26. The van der Waals surface area contributed by atoms with E-state index in [4.69, 9.17) is 11.6 Å². The van der Waals surface area contributed by atoms with Crippen molar-refractivity contribution in [3.8, 4) is 0 Å². The van der Waals surface area contributed by atoms with Crippen LogP contribution in [-0.4, -0.2) is 25.7 Å². The topological polar surface area (TPSA) is 72.7 Å². The first-order valence-corrected chi connectivity index (χ1v) is 6.62. The van der Waals surface area contributed by atoms with Crippen molar-refractivity contribution >= 4 is 33.4 Å². The SMILES string of the molecule is CC(NC(=O)c1cc(Br)cnc1Cl)c1nncn1C. The van der Waals surface area contributed by atoms with Gasteiger partial charge in [0.2, 0.25) is 0 Å². The standard InChI is InChI=1S/C11H11BrClN5O/c1-6(10-17-15-5-18(10)2)16-11(19)8-3-7(12)4-14-9(8)13/h3-6H,1-2H3,(H,16,19). The molecule has 1 amide bonds. The lowest BCUT2D eigenvalue weighted by molar-refractivity contribution is 0.0937. The zero-order chi connectivity index (χ0) is 14.0. The molecule has 0 aliphatic heterocycles. The molecule has 2 aromatic rings. The summed E-state index contributed by atoms with van der Waals surface area (Å²) in [5, 5.41) is 10.7. The van der Waals surface area contributed by atoms with Crippen molar-refractivity contribution in [3.63, 3.8) is 0 Å². The van der Waals surface area contributed by atoms with Crippen LogP contribution in [0.5, 0.6) is 0 Å². The molecule has 8 heteroatoms.